The molecule has 0 unspecified atom stereocenters. The van der Waals surface area contributed by atoms with Crippen molar-refractivity contribution in [2.45, 2.75) is 25.7 Å². The summed E-state index contributed by atoms with van der Waals surface area (Å²) in [5, 5.41) is 1.14. The van der Waals surface area contributed by atoms with E-state index >= 15 is 0 Å². The van der Waals surface area contributed by atoms with Crippen LogP contribution in [0.3, 0.4) is 0 Å². The summed E-state index contributed by atoms with van der Waals surface area (Å²) in [5.41, 5.74) is 2.92. The average Bonchev–Trinajstić information content (AvgIpc) is 2.77. The fourth-order valence-electron chi connectivity index (χ4n) is 2.72. The molecule has 18 heavy (non-hydrogen) atoms. The van der Waals surface area contributed by atoms with Gasteiger partial charge in [0.2, 0.25) is 5.78 Å². The summed E-state index contributed by atoms with van der Waals surface area (Å²) in [6.07, 6.45) is 6.45. The SMILES string of the molecule is Cn1c(C(=O)C2=CCCCC2)cc2ccccc21. The first-order valence-corrected chi connectivity index (χ1v) is 6.55. The van der Waals surface area contributed by atoms with Gasteiger partial charge in [-0.2, -0.15) is 0 Å². The van der Waals surface area contributed by atoms with E-state index in [0.717, 1.165) is 41.4 Å². The maximum atomic E-state index is 12.5. The van der Waals surface area contributed by atoms with Gasteiger partial charge in [-0.05, 0) is 43.4 Å². The second-order valence-corrected chi connectivity index (χ2v) is 4.95. The van der Waals surface area contributed by atoms with E-state index in [4.69, 9.17) is 0 Å². The lowest BCUT2D eigenvalue weighted by Gasteiger charge is -2.12. The molecular formula is C16H17NO. The van der Waals surface area contributed by atoms with Crippen molar-refractivity contribution in [3.63, 3.8) is 0 Å². The Bertz CT molecular complexity index is 634. The Morgan fingerprint density at radius 3 is 2.78 bits per heavy atom. The predicted octanol–water partition coefficient (Wildman–Crippen LogP) is 3.86. The first-order valence-electron chi connectivity index (χ1n) is 6.55. The molecule has 0 fully saturated rings. The van der Waals surface area contributed by atoms with Gasteiger partial charge in [-0.15, -0.1) is 0 Å². The molecule has 0 atom stereocenters. The quantitative estimate of drug-likeness (QED) is 0.729. The molecule has 1 heterocycles. The predicted molar refractivity (Wildman–Crippen MR) is 73.8 cm³/mol. The van der Waals surface area contributed by atoms with Crippen LogP contribution in [-0.2, 0) is 7.05 Å². The first-order chi connectivity index (χ1) is 8.77. The van der Waals surface area contributed by atoms with Gasteiger partial charge in [0.1, 0.15) is 0 Å². The molecule has 2 heteroatoms. The molecule has 0 N–H and O–H groups in total. The summed E-state index contributed by atoms with van der Waals surface area (Å²) < 4.78 is 2.01. The number of hydrogen-bond acceptors (Lipinski definition) is 1. The second kappa shape index (κ2) is 4.45. The van der Waals surface area contributed by atoms with Crippen LogP contribution in [-0.4, -0.2) is 10.4 Å². The summed E-state index contributed by atoms with van der Waals surface area (Å²) in [4.78, 5) is 12.5. The topological polar surface area (TPSA) is 22.0 Å². The van der Waals surface area contributed by atoms with Crippen molar-refractivity contribution in [2.75, 3.05) is 0 Å². The fourth-order valence-corrected chi connectivity index (χ4v) is 2.72. The standard InChI is InChI=1S/C16H17NO/c1-17-14-10-6-5-9-13(14)11-15(17)16(18)12-7-3-2-4-8-12/h5-7,9-11H,2-4,8H2,1H3. The van der Waals surface area contributed by atoms with E-state index in [9.17, 15) is 4.79 Å². The summed E-state index contributed by atoms with van der Waals surface area (Å²) in [5.74, 6) is 0.202. The molecule has 1 aromatic carbocycles. The molecule has 2 nitrogen and oxygen atoms in total. The molecule has 0 amide bonds. The number of para-hydroxylation sites is 1. The van der Waals surface area contributed by atoms with E-state index < -0.39 is 0 Å². The third kappa shape index (κ3) is 1.78. The number of carbonyl (C=O) groups excluding carboxylic acids is 1. The first kappa shape index (κ1) is 11.3. The van der Waals surface area contributed by atoms with Crippen molar-refractivity contribution in [1.29, 1.82) is 0 Å². The van der Waals surface area contributed by atoms with Gasteiger partial charge in [0.05, 0.1) is 5.69 Å². The molecule has 1 aliphatic rings. The van der Waals surface area contributed by atoms with Crippen LogP contribution in [0.15, 0.2) is 42.0 Å². The highest BCUT2D eigenvalue weighted by atomic mass is 16.1. The van der Waals surface area contributed by atoms with Crippen molar-refractivity contribution >= 4 is 16.7 Å². The normalized spacial score (nSPS) is 15.7. The zero-order valence-electron chi connectivity index (χ0n) is 10.6. The molecule has 3 rings (SSSR count). The Morgan fingerprint density at radius 1 is 1.22 bits per heavy atom. The van der Waals surface area contributed by atoms with E-state index in [2.05, 4.69) is 18.2 Å². The van der Waals surface area contributed by atoms with Gasteiger partial charge >= 0.3 is 0 Å². The van der Waals surface area contributed by atoms with Crippen LogP contribution in [0.1, 0.15) is 36.2 Å². The molecule has 0 saturated carbocycles. The number of fused-ring (bicyclic) bond motifs is 1. The summed E-state index contributed by atoms with van der Waals surface area (Å²) >= 11 is 0. The Labute approximate surface area is 107 Å². The Hall–Kier alpha value is -1.83. The number of aromatic nitrogens is 1. The van der Waals surface area contributed by atoms with Crippen LogP contribution in [0.25, 0.3) is 10.9 Å². The number of carbonyl (C=O) groups is 1. The third-order valence-corrected chi connectivity index (χ3v) is 3.77. The number of ketones is 1. The molecule has 1 aliphatic carbocycles. The molecule has 0 spiro atoms. The van der Waals surface area contributed by atoms with E-state index in [0.29, 0.717) is 0 Å². The van der Waals surface area contributed by atoms with Gasteiger partial charge in [-0.1, -0.05) is 24.3 Å². The largest absolute Gasteiger partial charge is 0.341 e. The monoisotopic (exact) mass is 239 g/mol. The van der Waals surface area contributed by atoms with Gasteiger partial charge in [-0.25, -0.2) is 0 Å². The third-order valence-electron chi connectivity index (χ3n) is 3.77. The summed E-state index contributed by atoms with van der Waals surface area (Å²) in [7, 11) is 1.97. The highest BCUT2D eigenvalue weighted by molar-refractivity contribution is 6.10. The van der Waals surface area contributed by atoms with E-state index in [-0.39, 0.29) is 5.78 Å². The number of allylic oxidation sites excluding steroid dienone is 2. The van der Waals surface area contributed by atoms with Crippen LogP contribution >= 0.6 is 0 Å². The zero-order chi connectivity index (χ0) is 12.5. The molecule has 92 valence electrons. The van der Waals surface area contributed by atoms with Crippen LogP contribution in [0.2, 0.25) is 0 Å². The smallest absolute Gasteiger partial charge is 0.205 e. The fraction of sp³-hybridized carbons (Fsp3) is 0.312. The minimum Gasteiger partial charge on any atom is -0.341 e. The summed E-state index contributed by atoms with van der Waals surface area (Å²) in [6.45, 7) is 0. The van der Waals surface area contributed by atoms with Gasteiger partial charge in [-0.3, -0.25) is 4.79 Å². The van der Waals surface area contributed by atoms with Crippen LogP contribution in [0, 0.1) is 0 Å². The maximum absolute atomic E-state index is 12.5. The number of hydrogen-bond donors (Lipinski definition) is 0. The summed E-state index contributed by atoms with van der Waals surface area (Å²) in [6, 6.07) is 10.1. The van der Waals surface area contributed by atoms with Crippen molar-refractivity contribution in [2.24, 2.45) is 7.05 Å². The van der Waals surface area contributed by atoms with E-state index in [1.54, 1.807) is 0 Å². The molecule has 2 aromatic rings. The van der Waals surface area contributed by atoms with Gasteiger partial charge in [0, 0.05) is 18.0 Å². The second-order valence-electron chi connectivity index (χ2n) is 4.95. The number of rotatable bonds is 2. The Kier molecular flexibility index (Phi) is 2.78. The molecule has 1 aromatic heterocycles. The van der Waals surface area contributed by atoms with Gasteiger partial charge in [0.25, 0.3) is 0 Å². The van der Waals surface area contributed by atoms with Crippen molar-refractivity contribution < 1.29 is 4.79 Å². The van der Waals surface area contributed by atoms with Crippen LogP contribution in [0.4, 0.5) is 0 Å². The highest BCUT2D eigenvalue weighted by Crippen LogP contribution is 2.25. The molecule has 0 radical (unpaired) electrons. The van der Waals surface area contributed by atoms with Crippen molar-refractivity contribution in [1.82, 2.24) is 4.57 Å². The Balaban J connectivity index is 2.06. The van der Waals surface area contributed by atoms with E-state index in [1.807, 2.05) is 29.8 Å². The van der Waals surface area contributed by atoms with E-state index in [1.165, 1.54) is 6.42 Å². The zero-order valence-corrected chi connectivity index (χ0v) is 10.6. The lowest BCUT2D eigenvalue weighted by molar-refractivity contribution is 0.102. The lowest BCUT2D eigenvalue weighted by atomic mass is 9.95. The molecule has 0 saturated heterocycles. The van der Waals surface area contributed by atoms with Crippen molar-refractivity contribution in [3.05, 3.63) is 47.7 Å². The maximum Gasteiger partial charge on any atom is 0.205 e. The minimum absolute atomic E-state index is 0.202. The Morgan fingerprint density at radius 2 is 2.06 bits per heavy atom. The average molecular weight is 239 g/mol. The molecule has 0 aliphatic heterocycles. The number of nitrogens with zero attached hydrogens (tertiary/aromatic N) is 1. The number of benzene rings is 1. The van der Waals surface area contributed by atoms with Crippen molar-refractivity contribution in [3.8, 4) is 0 Å². The number of aryl methyl sites for hydroxylation is 1. The number of Topliss-reactive ketones (excluding diaryl/α,β-unsaturated/α-hetero) is 1. The van der Waals surface area contributed by atoms with Gasteiger partial charge in [0.15, 0.2) is 0 Å². The van der Waals surface area contributed by atoms with Crippen LogP contribution < -0.4 is 0 Å². The van der Waals surface area contributed by atoms with Gasteiger partial charge < -0.3 is 4.57 Å². The highest BCUT2D eigenvalue weighted by Gasteiger charge is 2.18. The minimum atomic E-state index is 0.202. The molecular weight excluding hydrogens is 222 g/mol. The molecule has 0 bridgehead atoms. The van der Waals surface area contributed by atoms with Crippen LogP contribution in [0.5, 0.6) is 0 Å². The lowest BCUT2D eigenvalue weighted by Crippen LogP contribution is -2.10.